The molecular weight excluding hydrogens is 231 g/mol. The molecule has 1 aromatic rings. The Morgan fingerprint density at radius 2 is 2.22 bits per heavy atom. The average molecular weight is 248 g/mol. The number of carbonyl (C=O) groups is 1. The molecular formula is C14H17FN2O. The fraction of sp³-hybridized carbons (Fsp3) is 0.500. The van der Waals surface area contributed by atoms with Gasteiger partial charge in [-0.15, -0.1) is 0 Å². The van der Waals surface area contributed by atoms with Crippen molar-refractivity contribution in [1.29, 1.82) is 0 Å². The van der Waals surface area contributed by atoms with Gasteiger partial charge in [-0.3, -0.25) is 4.79 Å². The molecule has 1 heterocycles. The summed E-state index contributed by atoms with van der Waals surface area (Å²) < 4.78 is 13.1. The van der Waals surface area contributed by atoms with E-state index in [9.17, 15) is 9.18 Å². The lowest BCUT2D eigenvalue weighted by Gasteiger charge is -2.43. The second-order valence-corrected chi connectivity index (χ2v) is 5.55. The van der Waals surface area contributed by atoms with Crippen LogP contribution in [-0.4, -0.2) is 11.4 Å². The maximum Gasteiger partial charge on any atom is 0.250 e. The zero-order chi connectivity index (χ0) is 12.8. The lowest BCUT2D eigenvalue weighted by atomic mass is 9.74. The maximum absolute atomic E-state index is 13.1. The first-order valence-electron chi connectivity index (χ1n) is 6.48. The van der Waals surface area contributed by atoms with Crippen molar-refractivity contribution < 1.29 is 9.18 Å². The minimum absolute atomic E-state index is 0.0212. The summed E-state index contributed by atoms with van der Waals surface area (Å²) in [6.07, 6.45) is 3.92. The van der Waals surface area contributed by atoms with Crippen molar-refractivity contribution in [3.63, 3.8) is 0 Å². The number of rotatable bonds is 0. The summed E-state index contributed by atoms with van der Waals surface area (Å²) >= 11 is 0. The van der Waals surface area contributed by atoms with E-state index in [4.69, 9.17) is 0 Å². The van der Waals surface area contributed by atoms with Gasteiger partial charge in [-0.2, -0.15) is 0 Å². The van der Waals surface area contributed by atoms with Crippen molar-refractivity contribution in [2.45, 2.75) is 38.1 Å². The van der Waals surface area contributed by atoms with E-state index in [1.54, 1.807) is 6.07 Å². The number of hydrogen-bond donors (Lipinski definition) is 2. The summed E-state index contributed by atoms with van der Waals surface area (Å²) in [5.74, 6) is 0.190. The molecule has 1 fully saturated rings. The van der Waals surface area contributed by atoms with Crippen LogP contribution in [0.1, 0.15) is 32.6 Å². The van der Waals surface area contributed by atoms with Crippen LogP contribution in [0.3, 0.4) is 0 Å². The van der Waals surface area contributed by atoms with Gasteiger partial charge in [0, 0.05) is 0 Å². The van der Waals surface area contributed by atoms with Gasteiger partial charge in [-0.05, 0) is 37.0 Å². The number of fused-ring (bicyclic) bond motifs is 1. The molecule has 1 spiro atoms. The lowest BCUT2D eigenvalue weighted by molar-refractivity contribution is -0.122. The molecule has 2 N–H and O–H groups in total. The Bertz CT molecular complexity index is 503. The molecule has 2 aliphatic rings. The standard InChI is InChI=1S/C14H17FN2O/c1-9-3-2-6-14(8-9)13(18)16-12-7-10(15)4-5-11(12)17-14/h4-5,7,9,17H,2-3,6,8H2,1H3,(H,16,18). The Morgan fingerprint density at radius 3 is 3.00 bits per heavy atom. The molecule has 0 aromatic heterocycles. The molecule has 96 valence electrons. The molecule has 1 aliphatic heterocycles. The fourth-order valence-electron chi connectivity index (χ4n) is 3.16. The summed E-state index contributed by atoms with van der Waals surface area (Å²) in [6, 6.07) is 4.48. The zero-order valence-corrected chi connectivity index (χ0v) is 10.4. The number of amides is 1. The van der Waals surface area contributed by atoms with Crippen LogP contribution in [0.4, 0.5) is 15.8 Å². The predicted octanol–water partition coefficient (Wildman–Crippen LogP) is 3.14. The Morgan fingerprint density at radius 1 is 1.39 bits per heavy atom. The zero-order valence-electron chi connectivity index (χ0n) is 10.4. The van der Waals surface area contributed by atoms with Gasteiger partial charge < -0.3 is 10.6 Å². The molecule has 3 nitrogen and oxygen atoms in total. The van der Waals surface area contributed by atoms with Crippen molar-refractivity contribution in [2.75, 3.05) is 10.6 Å². The van der Waals surface area contributed by atoms with E-state index in [0.717, 1.165) is 24.9 Å². The SMILES string of the molecule is CC1CCCC2(C1)Nc1ccc(F)cc1NC2=O. The van der Waals surface area contributed by atoms with Gasteiger partial charge in [0.15, 0.2) is 0 Å². The fourth-order valence-corrected chi connectivity index (χ4v) is 3.16. The third-order valence-electron chi connectivity index (χ3n) is 4.04. The predicted molar refractivity (Wildman–Crippen MR) is 69.0 cm³/mol. The largest absolute Gasteiger partial charge is 0.370 e. The van der Waals surface area contributed by atoms with Gasteiger partial charge in [0.25, 0.3) is 0 Å². The van der Waals surface area contributed by atoms with Gasteiger partial charge in [0.1, 0.15) is 11.4 Å². The van der Waals surface area contributed by atoms with E-state index in [2.05, 4.69) is 17.6 Å². The van der Waals surface area contributed by atoms with Gasteiger partial charge >= 0.3 is 0 Å². The molecule has 1 aromatic carbocycles. The molecule has 1 aliphatic carbocycles. The van der Waals surface area contributed by atoms with Crippen LogP contribution in [0.5, 0.6) is 0 Å². The smallest absolute Gasteiger partial charge is 0.250 e. The van der Waals surface area contributed by atoms with Crippen LogP contribution in [0.2, 0.25) is 0 Å². The molecule has 1 saturated carbocycles. The molecule has 1 amide bonds. The summed E-state index contributed by atoms with van der Waals surface area (Å²) in [5, 5.41) is 6.18. The average Bonchev–Trinajstić information content (AvgIpc) is 2.31. The summed E-state index contributed by atoms with van der Waals surface area (Å²) in [7, 11) is 0. The number of nitrogens with one attached hydrogen (secondary N) is 2. The second kappa shape index (κ2) is 3.97. The lowest BCUT2D eigenvalue weighted by Crippen LogP contribution is -2.54. The molecule has 0 saturated heterocycles. The van der Waals surface area contributed by atoms with Crippen LogP contribution in [0.25, 0.3) is 0 Å². The normalized spacial score (nSPS) is 30.6. The van der Waals surface area contributed by atoms with Crippen molar-refractivity contribution in [3.8, 4) is 0 Å². The van der Waals surface area contributed by atoms with E-state index in [0.29, 0.717) is 11.6 Å². The number of benzene rings is 1. The first-order valence-corrected chi connectivity index (χ1v) is 6.48. The quantitative estimate of drug-likeness (QED) is 0.740. The maximum atomic E-state index is 13.1. The highest BCUT2D eigenvalue weighted by Crippen LogP contribution is 2.40. The van der Waals surface area contributed by atoms with E-state index in [1.165, 1.54) is 18.6 Å². The molecule has 2 unspecified atom stereocenters. The number of halogens is 1. The van der Waals surface area contributed by atoms with Gasteiger partial charge in [-0.1, -0.05) is 19.8 Å². The third-order valence-corrected chi connectivity index (χ3v) is 4.04. The first kappa shape index (κ1) is 11.5. The Balaban J connectivity index is 1.96. The molecule has 0 radical (unpaired) electrons. The van der Waals surface area contributed by atoms with Crippen molar-refractivity contribution in [1.82, 2.24) is 0 Å². The van der Waals surface area contributed by atoms with Gasteiger partial charge in [-0.25, -0.2) is 4.39 Å². The molecule has 4 heteroatoms. The van der Waals surface area contributed by atoms with Crippen molar-refractivity contribution >= 4 is 17.3 Å². The van der Waals surface area contributed by atoms with Crippen molar-refractivity contribution in [2.24, 2.45) is 5.92 Å². The van der Waals surface area contributed by atoms with E-state index >= 15 is 0 Å². The highest BCUT2D eigenvalue weighted by atomic mass is 19.1. The van der Waals surface area contributed by atoms with E-state index in [1.807, 2.05) is 0 Å². The highest BCUT2D eigenvalue weighted by molar-refractivity contribution is 6.06. The minimum Gasteiger partial charge on any atom is -0.370 e. The first-order chi connectivity index (χ1) is 8.59. The van der Waals surface area contributed by atoms with Crippen LogP contribution >= 0.6 is 0 Å². The van der Waals surface area contributed by atoms with Crippen molar-refractivity contribution in [3.05, 3.63) is 24.0 Å². The number of hydrogen-bond acceptors (Lipinski definition) is 2. The molecule has 18 heavy (non-hydrogen) atoms. The summed E-state index contributed by atoms with van der Waals surface area (Å²) in [4.78, 5) is 12.3. The van der Waals surface area contributed by atoms with E-state index < -0.39 is 5.54 Å². The summed E-state index contributed by atoms with van der Waals surface area (Å²) in [6.45, 7) is 2.18. The third kappa shape index (κ3) is 1.76. The molecule has 3 rings (SSSR count). The Kier molecular flexibility index (Phi) is 2.54. The number of carbonyl (C=O) groups excluding carboxylic acids is 1. The van der Waals surface area contributed by atoms with E-state index in [-0.39, 0.29) is 11.7 Å². The van der Waals surface area contributed by atoms with Crippen LogP contribution in [0, 0.1) is 11.7 Å². The summed E-state index contributed by atoms with van der Waals surface area (Å²) in [5.41, 5.74) is 0.872. The molecule has 2 atom stereocenters. The van der Waals surface area contributed by atoms with Gasteiger partial charge in [0.05, 0.1) is 11.4 Å². The molecule has 0 bridgehead atoms. The van der Waals surface area contributed by atoms with Crippen LogP contribution in [-0.2, 0) is 4.79 Å². The number of anilines is 2. The van der Waals surface area contributed by atoms with Gasteiger partial charge in [0.2, 0.25) is 5.91 Å². The topological polar surface area (TPSA) is 41.1 Å². The second-order valence-electron chi connectivity index (χ2n) is 5.55. The highest BCUT2D eigenvalue weighted by Gasteiger charge is 2.44. The van der Waals surface area contributed by atoms with Crippen LogP contribution < -0.4 is 10.6 Å². The Labute approximate surface area is 106 Å². The Hall–Kier alpha value is -1.58. The monoisotopic (exact) mass is 248 g/mol. The minimum atomic E-state index is -0.498. The van der Waals surface area contributed by atoms with Crippen LogP contribution in [0.15, 0.2) is 18.2 Å².